The van der Waals surface area contributed by atoms with Crippen molar-refractivity contribution in [3.05, 3.63) is 42.7 Å². The van der Waals surface area contributed by atoms with Gasteiger partial charge < -0.3 is 50.9 Å². The zero-order valence-electron chi connectivity index (χ0n) is 22.2. The molecule has 3 aromatic rings. The summed E-state index contributed by atoms with van der Waals surface area (Å²) in [5.74, 6) is -0.676. The number of nitrogens with two attached hydrogens (primary N) is 2. The van der Waals surface area contributed by atoms with E-state index in [2.05, 4.69) is 23.8 Å². The average Bonchev–Trinajstić information content (AvgIpc) is 3.61. The number of rotatable bonds is 11. The summed E-state index contributed by atoms with van der Waals surface area (Å²) in [5, 5.41) is 39.9. The van der Waals surface area contributed by atoms with E-state index in [1.54, 1.807) is 0 Å². The fraction of sp³-hybridized carbons (Fsp3) is 0.476. The lowest BCUT2D eigenvalue weighted by atomic mass is 10.1. The number of carbonyl (C=O) groups excluding carboxylic acids is 1. The normalized spacial score (nSPS) is 31.6. The molecule has 3 aromatic heterocycles. The second-order valence-electron chi connectivity index (χ2n) is 9.67. The van der Waals surface area contributed by atoms with Crippen molar-refractivity contribution in [2.45, 2.75) is 47.4 Å². The molecule has 0 bridgehead atoms. The number of pyridine rings is 1. The minimum absolute atomic E-state index is 0.0488. The molecule has 23 heteroatoms. The van der Waals surface area contributed by atoms with E-state index in [-0.39, 0.29) is 22.5 Å². The molecule has 0 spiro atoms. The predicted molar refractivity (Wildman–Crippen MR) is 144 cm³/mol. The highest BCUT2D eigenvalue weighted by Crippen LogP contribution is 2.59. The molecule has 240 valence electrons. The molecule has 10 atom stereocenters. The second kappa shape index (κ2) is 12.6. The van der Waals surface area contributed by atoms with Gasteiger partial charge in [0.1, 0.15) is 41.8 Å². The first-order valence-electron chi connectivity index (χ1n) is 12.6. The molecule has 0 aliphatic carbocycles. The molecule has 2 aliphatic rings. The predicted octanol–water partition coefficient (Wildman–Crippen LogP) is -2.93. The van der Waals surface area contributed by atoms with Gasteiger partial charge in [-0.1, -0.05) is 11.8 Å². The van der Waals surface area contributed by atoms with Gasteiger partial charge in [0.25, 0.3) is 13.7 Å². The van der Waals surface area contributed by atoms with E-state index in [1.807, 2.05) is 0 Å². The van der Waals surface area contributed by atoms with Gasteiger partial charge in [0.05, 0.1) is 24.8 Å². The maximum Gasteiger partial charge on any atom is 0.478 e. The number of primary amides is 1. The van der Waals surface area contributed by atoms with Crippen LogP contribution in [0.2, 0.25) is 0 Å². The van der Waals surface area contributed by atoms with Crippen LogP contribution in [0.1, 0.15) is 22.0 Å². The number of fused-ring (bicyclic) bond motifs is 1. The summed E-state index contributed by atoms with van der Waals surface area (Å²) in [5.41, 5.74) is 11.5. The quantitative estimate of drug-likeness (QED) is 0.0788. The van der Waals surface area contributed by atoms with E-state index in [0.717, 1.165) is 18.1 Å². The Morgan fingerprint density at radius 3 is 2.59 bits per heavy atom. The highest BCUT2D eigenvalue weighted by molar-refractivity contribution is 8.00. The summed E-state index contributed by atoms with van der Waals surface area (Å²) < 4.78 is 46.5. The molecule has 2 saturated heterocycles. The molecule has 0 radical (unpaired) electrons. The summed E-state index contributed by atoms with van der Waals surface area (Å²) >= 11 is 0.917. The standard InChI is InChI=1S/C21H27N7O13P2S/c22-17-12-19(25-7-24-17)28(8-26-12)20-15(31)13(29)10(40-20)5-38-42(34,35)41-43(36,37)39-6-11-14(30)16(32)21(44-11)27-3-1-2-9(4-27)18(23)33/h1-4,7-8,10-11,13-16,20-21,29-32H,5-6H2,(H5-,22,23,24,25,33,34,35,36,37)/t10-,11-,13-,14-,15-,16-,20-,21-/m1/s1. The minimum atomic E-state index is -5.59. The van der Waals surface area contributed by atoms with Crippen molar-refractivity contribution in [1.82, 2.24) is 19.5 Å². The maximum atomic E-state index is 12.4. The highest BCUT2D eigenvalue weighted by Gasteiger charge is 2.49. The fourth-order valence-electron chi connectivity index (χ4n) is 4.57. The topological polar surface area (TPSA) is 312 Å². The van der Waals surface area contributed by atoms with Crippen LogP contribution < -0.4 is 20.9 Å². The molecule has 2 aliphatic heterocycles. The number of aliphatic hydroxyl groups is 4. The van der Waals surface area contributed by atoms with E-state index in [9.17, 15) is 44.1 Å². The number of aromatic nitrogens is 5. The number of aliphatic hydroxyl groups excluding tert-OH is 4. The van der Waals surface area contributed by atoms with Gasteiger partial charge in [0.15, 0.2) is 36.2 Å². The van der Waals surface area contributed by atoms with Crippen molar-refractivity contribution in [3.8, 4) is 0 Å². The first-order valence-corrected chi connectivity index (χ1v) is 16.5. The number of hydrogen-bond acceptors (Lipinski definition) is 17. The number of nitrogens with zero attached hydrogens (tertiary/aromatic N) is 5. The lowest BCUT2D eigenvalue weighted by Gasteiger charge is -2.26. The summed E-state index contributed by atoms with van der Waals surface area (Å²) in [6.07, 6.45) is -3.69. The van der Waals surface area contributed by atoms with Crippen molar-refractivity contribution in [3.63, 3.8) is 0 Å². The van der Waals surface area contributed by atoms with Gasteiger partial charge >= 0.3 is 7.82 Å². The Balaban J connectivity index is 1.16. The van der Waals surface area contributed by atoms with E-state index < -0.39 is 82.1 Å². The van der Waals surface area contributed by atoms with Gasteiger partial charge in [-0.2, -0.15) is 4.57 Å². The molecule has 5 heterocycles. The molecule has 0 saturated carbocycles. The number of carbonyl (C=O) groups is 1. The van der Waals surface area contributed by atoms with Crippen LogP contribution in [-0.2, 0) is 27.2 Å². The summed E-state index contributed by atoms with van der Waals surface area (Å²) in [4.78, 5) is 45.7. The van der Waals surface area contributed by atoms with Crippen molar-refractivity contribution < 1.29 is 66.8 Å². The smallest absolute Gasteiger partial charge is 0.478 e. The number of phosphoric ester groups is 2. The number of thioether (sulfide) groups is 1. The molecule has 9 N–H and O–H groups in total. The zero-order chi connectivity index (χ0) is 32.0. The van der Waals surface area contributed by atoms with Gasteiger partial charge in [-0.3, -0.25) is 18.5 Å². The number of phosphoric acid groups is 2. The van der Waals surface area contributed by atoms with Crippen LogP contribution in [0.5, 0.6) is 0 Å². The summed E-state index contributed by atoms with van der Waals surface area (Å²) in [7, 11) is -10.9. The Labute approximate surface area is 251 Å². The zero-order valence-corrected chi connectivity index (χ0v) is 24.8. The number of amides is 1. The van der Waals surface area contributed by atoms with E-state index >= 15 is 0 Å². The van der Waals surface area contributed by atoms with E-state index in [0.29, 0.717) is 0 Å². The number of anilines is 1. The number of imidazole rings is 1. The Kier molecular flexibility index (Phi) is 9.41. The third-order valence-corrected chi connectivity index (χ3v) is 10.9. The van der Waals surface area contributed by atoms with Crippen molar-refractivity contribution >= 4 is 50.3 Å². The van der Waals surface area contributed by atoms with Gasteiger partial charge in [0.2, 0.25) is 5.37 Å². The molecule has 2 fully saturated rings. The van der Waals surface area contributed by atoms with E-state index in [4.69, 9.17) is 20.7 Å². The lowest BCUT2D eigenvalue weighted by Crippen LogP contribution is -2.45. The molecular formula is C21H27N7O13P2S. The van der Waals surface area contributed by atoms with Crippen molar-refractivity contribution in [2.24, 2.45) is 5.73 Å². The van der Waals surface area contributed by atoms with Crippen LogP contribution in [0.3, 0.4) is 0 Å². The molecule has 2 unspecified atom stereocenters. The van der Waals surface area contributed by atoms with Crippen molar-refractivity contribution in [1.29, 1.82) is 0 Å². The average molecular weight is 679 g/mol. The minimum Gasteiger partial charge on any atom is -0.756 e. The molecule has 44 heavy (non-hydrogen) atoms. The first kappa shape index (κ1) is 32.8. The maximum absolute atomic E-state index is 12.4. The van der Waals surface area contributed by atoms with Crippen LogP contribution in [0.25, 0.3) is 11.2 Å². The van der Waals surface area contributed by atoms with Crippen LogP contribution in [0.4, 0.5) is 5.82 Å². The van der Waals surface area contributed by atoms with Gasteiger partial charge in [-0.15, -0.1) is 0 Å². The monoisotopic (exact) mass is 679 g/mol. The van der Waals surface area contributed by atoms with Gasteiger partial charge in [-0.05, 0) is 6.07 Å². The number of hydrogen-bond donors (Lipinski definition) is 7. The first-order chi connectivity index (χ1) is 20.7. The summed E-state index contributed by atoms with van der Waals surface area (Å²) in [6, 6.07) is 2.94. The van der Waals surface area contributed by atoms with E-state index in [1.165, 1.54) is 40.0 Å². The highest BCUT2D eigenvalue weighted by atomic mass is 32.2. The molecule has 1 amide bonds. The van der Waals surface area contributed by atoms with Crippen molar-refractivity contribution in [2.75, 3.05) is 18.9 Å². The third-order valence-electron chi connectivity index (χ3n) is 6.74. The number of nitrogen functional groups attached to an aromatic ring is 1. The Bertz CT molecular complexity index is 1630. The number of ether oxygens (including phenoxy) is 1. The van der Waals surface area contributed by atoms with Crippen LogP contribution >= 0.6 is 27.4 Å². The fourth-order valence-corrected chi connectivity index (χ4v) is 8.16. The lowest BCUT2D eigenvalue weighted by molar-refractivity contribution is -0.706. The SMILES string of the molecule is NC(=O)c1ccc[n+]([C@@H]2S[C@H](COP(=O)(O)OP(=O)([O-])OC[C@H]3O[C@@H](n4cnc5c(N)ncnc54)[C@H](O)[C@@H]3O)[C@@H](O)[C@H]2O)c1. The van der Waals surface area contributed by atoms with Gasteiger partial charge in [-0.25, -0.2) is 23.8 Å². The Hall–Kier alpha value is -2.62. The second-order valence-corrected chi connectivity index (χ2v) is 14.0. The Morgan fingerprint density at radius 2 is 1.86 bits per heavy atom. The largest absolute Gasteiger partial charge is 0.756 e. The Morgan fingerprint density at radius 1 is 1.11 bits per heavy atom. The van der Waals surface area contributed by atoms with Gasteiger partial charge in [0, 0.05) is 6.07 Å². The van der Waals surface area contributed by atoms with Crippen LogP contribution in [0.15, 0.2) is 37.2 Å². The third kappa shape index (κ3) is 6.80. The van der Waals surface area contributed by atoms with Crippen LogP contribution in [-0.4, -0.2) is 99.7 Å². The van der Waals surface area contributed by atoms with Crippen LogP contribution in [0, 0.1) is 0 Å². The molecule has 20 nitrogen and oxygen atoms in total. The molecule has 0 aromatic carbocycles. The molecular weight excluding hydrogens is 652 g/mol. The summed E-state index contributed by atoms with van der Waals surface area (Å²) in [6.45, 7) is -1.68. The molecule has 5 rings (SSSR count).